The van der Waals surface area contributed by atoms with Gasteiger partial charge < -0.3 is 0 Å². The average Bonchev–Trinajstić information content (AvgIpc) is 2.26. The van der Waals surface area contributed by atoms with Crippen molar-refractivity contribution in [1.82, 2.24) is 0 Å². The molecule has 0 aromatic heterocycles. The fourth-order valence-electron chi connectivity index (χ4n) is 1.59. The average molecular weight is 252 g/mol. The predicted molar refractivity (Wildman–Crippen MR) is 62.0 cm³/mol. The highest BCUT2D eigenvalue weighted by molar-refractivity contribution is 7.89. The molecule has 7 heteroatoms. The zero-order valence-electron chi connectivity index (χ0n) is 8.53. The molecule has 0 saturated heterocycles. The summed E-state index contributed by atoms with van der Waals surface area (Å²) < 4.78 is 22.7. The number of primary sulfonamides is 1. The number of fused-ring (bicyclic) bond motifs is 1. The fourth-order valence-corrected chi connectivity index (χ4v) is 2.35. The predicted octanol–water partition coefficient (Wildman–Crippen LogP) is 1.40. The summed E-state index contributed by atoms with van der Waals surface area (Å²) >= 11 is 0. The van der Waals surface area contributed by atoms with E-state index in [0.29, 0.717) is 5.39 Å². The van der Waals surface area contributed by atoms with Gasteiger partial charge in [-0.1, -0.05) is 12.1 Å². The number of nitro groups is 1. The van der Waals surface area contributed by atoms with E-state index in [0.717, 1.165) is 0 Å². The van der Waals surface area contributed by atoms with Gasteiger partial charge in [-0.3, -0.25) is 10.1 Å². The summed E-state index contributed by atoms with van der Waals surface area (Å²) in [6.45, 7) is 0. The van der Waals surface area contributed by atoms with Gasteiger partial charge in [0.25, 0.3) is 5.69 Å². The molecule has 0 aliphatic rings. The quantitative estimate of drug-likeness (QED) is 0.644. The van der Waals surface area contributed by atoms with Gasteiger partial charge in [0.1, 0.15) is 0 Å². The minimum absolute atomic E-state index is 0.112. The van der Waals surface area contributed by atoms with E-state index in [4.69, 9.17) is 5.14 Å². The molecular formula is C10H8N2O4S. The molecule has 0 unspecified atom stereocenters. The molecule has 6 nitrogen and oxygen atoms in total. The Kier molecular flexibility index (Phi) is 2.56. The number of hydrogen-bond donors (Lipinski definition) is 1. The van der Waals surface area contributed by atoms with Crippen molar-refractivity contribution in [3.05, 3.63) is 46.5 Å². The number of non-ortho nitro benzene ring substituents is 1. The normalized spacial score (nSPS) is 11.6. The van der Waals surface area contributed by atoms with Crippen LogP contribution < -0.4 is 5.14 Å². The third-order valence-electron chi connectivity index (χ3n) is 2.34. The van der Waals surface area contributed by atoms with E-state index < -0.39 is 14.9 Å². The molecule has 0 aliphatic carbocycles. The zero-order chi connectivity index (χ0) is 12.6. The van der Waals surface area contributed by atoms with Gasteiger partial charge >= 0.3 is 0 Å². The monoisotopic (exact) mass is 252 g/mol. The highest BCUT2D eigenvalue weighted by atomic mass is 32.2. The van der Waals surface area contributed by atoms with Crippen molar-refractivity contribution in [3.63, 3.8) is 0 Å². The molecule has 0 spiro atoms. The van der Waals surface area contributed by atoms with E-state index in [2.05, 4.69) is 0 Å². The Balaban J connectivity index is 2.86. The molecule has 2 rings (SSSR count). The van der Waals surface area contributed by atoms with Crippen LogP contribution in [0, 0.1) is 10.1 Å². The first-order valence-corrected chi connectivity index (χ1v) is 6.14. The lowest BCUT2D eigenvalue weighted by Gasteiger charge is -2.03. The maximum absolute atomic E-state index is 11.3. The Bertz CT molecular complexity index is 709. The molecule has 2 aromatic carbocycles. The third kappa shape index (κ3) is 2.10. The van der Waals surface area contributed by atoms with Crippen LogP contribution in [0.3, 0.4) is 0 Å². The number of hydrogen-bond acceptors (Lipinski definition) is 4. The largest absolute Gasteiger partial charge is 0.270 e. The van der Waals surface area contributed by atoms with Crippen molar-refractivity contribution < 1.29 is 13.3 Å². The lowest BCUT2D eigenvalue weighted by Crippen LogP contribution is -2.12. The first-order valence-electron chi connectivity index (χ1n) is 4.59. The van der Waals surface area contributed by atoms with Gasteiger partial charge in [0.05, 0.1) is 9.82 Å². The highest BCUT2D eigenvalue weighted by Crippen LogP contribution is 2.26. The maximum Gasteiger partial charge on any atom is 0.270 e. The molecule has 17 heavy (non-hydrogen) atoms. The van der Waals surface area contributed by atoms with Gasteiger partial charge in [0.15, 0.2) is 0 Å². The zero-order valence-corrected chi connectivity index (χ0v) is 9.35. The van der Waals surface area contributed by atoms with E-state index in [-0.39, 0.29) is 16.0 Å². The molecule has 88 valence electrons. The van der Waals surface area contributed by atoms with Gasteiger partial charge in [-0.25, -0.2) is 13.6 Å². The van der Waals surface area contributed by atoms with Crippen LogP contribution in [0.15, 0.2) is 41.3 Å². The minimum Gasteiger partial charge on any atom is -0.258 e. The first-order chi connectivity index (χ1) is 7.89. The molecule has 0 atom stereocenters. The number of rotatable bonds is 2. The second kappa shape index (κ2) is 3.79. The van der Waals surface area contributed by atoms with Crippen LogP contribution in [0.4, 0.5) is 5.69 Å². The van der Waals surface area contributed by atoms with Crippen molar-refractivity contribution in [3.8, 4) is 0 Å². The van der Waals surface area contributed by atoms with Crippen LogP contribution in [0.5, 0.6) is 0 Å². The van der Waals surface area contributed by atoms with Crippen LogP contribution >= 0.6 is 0 Å². The molecule has 0 saturated carbocycles. The van der Waals surface area contributed by atoms with Crippen molar-refractivity contribution in [1.29, 1.82) is 0 Å². The molecule has 0 aliphatic heterocycles. The van der Waals surface area contributed by atoms with Gasteiger partial charge in [-0.2, -0.15) is 0 Å². The molecule has 2 N–H and O–H groups in total. The Morgan fingerprint density at radius 1 is 1.18 bits per heavy atom. The highest BCUT2D eigenvalue weighted by Gasteiger charge is 2.14. The molecule has 2 aromatic rings. The lowest BCUT2D eigenvalue weighted by atomic mass is 10.1. The molecule has 0 amide bonds. The van der Waals surface area contributed by atoms with Gasteiger partial charge in [-0.05, 0) is 17.5 Å². The Labute approximate surface area is 96.9 Å². The van der Waals surface area contributed by atoms with Gasteiger partial charge in [0.2, 0.25) is 10.0 Å². The van der Waals surface area contributed by atoms with E-state index in [9.17, 15) is 18.5 Å². The molecule has 0 fully saturated rings. The van der Waals surface area contributed by atoms with Crippen LogP contribution in [-0.2, 0) is 10.0 Å². The minimum atomic E-state index is -3.89. The van der Waals surface area contributed by atoms with E-state index in [1.54, 1.807) is 6.07 Å². The van der Waals surface area contributed by atoms with Crippen molar-refractivity contribution in [2.75, 3.05) is 0 Å². The van der Waals surface area contributed by atoms with Crippen LogP contribution in [0.2, 0.25) is 0 Å². The second-order valence-corrected chi connectivity index (χ2v) is 4.99. The summed E-state index contributed by atoms with van der Waals surface area (Å²) in [6.07, 6.45) is 0. The SMILES string of the molecule is NS(=O)(=O)c1cccc2ccc([N+](=O)[O-])cc12. The number of nitro benzene ring substituents is 1. The molecule has 0 heterocycles. The first kappa shape index (κ1) is 11.5. The third-order valence-corrected chi connectivity index (χ3v) is 3.31. The maximum atomic E-state index is 11.3. The number of nitrogens with two attached hydrogens (primary N) is 1. The molecular weight excluding hydrogens is 244 g/mol. The van der Waals surface area contributed by atoms with E-state index in [1.807, 2.05) is 0 Å². The Morgan fingerprint density at radius 2 is 1.88 bits per heavy atom. The Morgan fingerprint density at radius 3 is 2.47 bits per heavy atom. The van der Waals surface area contributed by atoms with Gasteiger partial charge in [0, 0.05) is 17.5 Å². The smallest absolute Gasteiger partial charge is 0.258 e. The lowest BCUT2D eigenvalue weighted by molar-refractivity contribution is -0.384. The summed E-state index contributed by atoms with van der Waals surface area (Å²) in [5, 5.41) is 16.5. The van der Waals surface area contributed by atoms with E-state index >= 15 is 0 Å². The van der Waals surface area contributed by atoms with Gasteiger partial charge in [-0.15, -0.1) is 0 Å². The summed E-state index contributed by atoms with van der Waals surface area (Å²) in [5.74, 6) is 0. The summed E-state index contributed by atoms with van der Waals surface area (Å²) in [6, 6.07) is 8.52. The van der Waals surface area contributed by atoms with Crippen LogP contribution in [0.25, 0.3) is 10.8 Å². The molecule has 0 radical (unpaired) electrons. The Hall–Kier alpha value is -1.99. The standard InChI is InChI=1S/C10H8N2O4S/c11-17(15,16)10-3-1-2-7-4-5-8(12(13)14)6-9(7)10/h1-6H,(H2,11,15,16). The van der Waals surface area contributed by atoms with Crippen LogP contribution in [-0.4, -0.2) is 13.3 Å². The van der Waals surface area contributed by atoms with E-state index in [1.165, 1.54) is 30.3 Å². The second-order valence-electron chi connectivity index (χ2n) is 3.46. The van der Waals surface area contributed by atoms with Crippen molar-refractivity contribution >= 4 is 26.5 Å². The van der Waals surface area contributed by atoms with Crippen molar-refractivity contribution in [2.45, 2.75) is 4.90 Å². The number of benzene rings is 2. The summed E-state index contributed by atoms with van der Waals surface area (Å²) in [7, 11) is -3.89. The molecule has 0 bridgehead atoms. The van der Waals surface area contributed by atoms with Crippen molar-refractivity contribution in [2.24, 2.45) is 5.14 Å². The summed E-state index contributed by atoms with van der Waals surface area (Å²) in [4.78, 5) is 9.93. The van der Waals surface area contributed by atoms with Crippen LogP contribution in [0.1, 0.15) is 0 Å². The topological polar surface area (TPSA) is 103 Å². The number of nitrogens with zero attached hydrogens (tertiary/aromatic N) is 1. The number of sulfonamides is 1. The summed E-state index contributed by atoms with van der Waals surface area (Å²) in [5.41, 5.74) is -0.173. The fraction of sp³-hybridized carbons (Fsp3) is 0.